The first kappa shape index (κ1) is 27.2. The van der Waals surface area contributed by atoms with Crippen LogP contribution >= 0.6 is 0 Å². The second-order valence-electron chi connectivity index (χ2n) is 9.69. The highest BCUT2D eigenvalue weighted by atomic mass is 16.5. The zero-order valence-corrected chi connectivity index (χ0v) is 22.0. The first-order valence-corrected chi connectivity index (χ1v) is 12.6. The van der Waals surface area contributed by atoms with Crippen LogP contribution in [0.3, 0.4) is 0 Å². The smallest absolute Gasteiger partial charge is 0.290 e. The highest BCUT2D eigenvalue weighted by molar-refractivity contribution is 6.07. The molecule has 0 atom stereocenters. The summed E-state index contributed by atoms with van der Waals surface area (Å²) < 4.78 is 5.91. The van der Waals surface area contributed by atoms with Crippen LogP contribution in [-0.2, 0) is 17.6 Å². The molecule has 0 bridgehead atoms. The van der Waals surface area contributed by atoms with Crippen LogP contribution in [0.25, 0.3) is 32.8 Å². The summed E-state index contributed by atoms with van der Waals surface area (Å²) >= 11 is 0. The molecule has 1 aliphatic rings. The Morgan fingerprint density at radius 2 is 1.83 bits per heavy atom. The van der Waals surface area contributed by atoms with E-state index in [-0.39, 0.29) is 6.47 Å². The maximum absolute atomic E-state index is 9.02. The van der Waals surface area contributed by atoms with Gasteiger partial charge in [-0.3, -0.25) is 9.78 Å². The van der Waals surface area contributed by atoms with E-state index in [1.165, 1.54) is 44.0 Å². The predicted molar refractivity (Wildman–Crippen MR) is 148 cm³/mol. The molecular formula is C31H37NO4. The van der Waals surface area contributed by atoms with Gasteiger partial charge in [-0.2, -0.15) is 0 Å². The van der Waals surface area contributed by atoms with E-state index in [0.717, 1.165) is 43.6 Å². The lowest BCUT2D eigenvalue weighted by molar-refractivity contribution is -0.122. The van der Waals surface area contributed by atoms with Gasteiger partial charge in [0.15, 0.2) is 0 Å². The van der Waals surface area contributed by atoms with Gasteiger partial charge < -0.3 is 14.9 Å². The zero-order chi connectivity index (χ0) is 26.3. The van der Waals surface area contributed by atoms with Crippen LogP contribution < -0.4 is 4.74 Å². The molecule has 0 saturated carbocycles. The van der Waals surface area contributed by atoms with E-state index in [1.807, 2.05) is 20.0 Å². The maximum atomic E-state index is 9.02. The molecule has 0 spiro atoms. The first-order chi connectivity index (χ1) is 17.3. The Bertz CT molecular complexity index is 1330. The Morgan fingerprint density at radius 3 is 2.47 bits per heavy atom. The monoisotopic (exact) mass is 487 g/mol. The van der Waals surface area contributed by atoms with E-state index in [2.05, 4.69) is 69.3 Å². The van der Waals surface area contributed by atoms with Gasteiger partial charge >= 0.3 is 0 Å². The number of hydrogen-bond donors (Lipinski definition) is 2. The number of benzene rings is 3. The number of rotatable bonds is 4. The van der Waals surface area contributed by atoms with Crippen LogP contribution in [0.4, 0.5) is 0 Å². The molecule has 0 radical (unpaired) electrons. The summed E-state index contributed by atoms with van der Waals surface area (Å²) in [5, 5.41) is 19.7. The molecule has 2 heterocycles. The SMILES string of the molecule is CCCC(C)(C)O.CCc1c(C)cc2ccccc2c1-c1ccc2c3c(ccnc13)CCO2.O=CO. The number of carboxylic acid groups (broad SMARTS) is 1. The van der Waals surface area contributed by atoms with Crippen molar-refractivity contribution in [3.8, 4) is 16.9 Å². The molecule has 190 valence electrons. The number of aryl methyl sites for hydroxylation is 1. The van der Waals surface area contributed by atoms with Gasteiger partial charge in [0, 0.05) is 23.6 Å². The Morgan fingerprint density at radius 1 is 1.11 bits per heavy atom. The van der Waals surface area contributed by atoms with Gasteiger partial charge in [0.2, 0.25) is 0 Å². The molecule has 36 heavy (non-hydrogen) atoms. The van der Waals surface area contributed by atoms with Gasteiger partial charge in [-0.05, 0) is 84.8 Å². The van der Waals surface area contributed by atoms with Crippen molar-refractivity contribution in [1.29, 1.82) is 0 Å². The molecule has 0 amide bonds. The second-order valence-corrected chi connectivity index (χ2v) is 9.69. The second kappa shape index (κ2) is 12.0. The minimum absolute atomic E-state index is 0.250. The summed E-state index contributed by atoms with van der Waals surface area (Å²) in [7, 11) is 0. The Kier molecular flexibility index (Phi) is 9.05. The van der Waals surface area contributed by atoms with Crippen LogP contribution in [-0.4, -0.2) is 33.9 Å². The molecule has 0 saturated heterocycles. The zero-order valence-electron chi connectivity index (χ0n) is 22.0. The lowest BCUT2D eigenvalue weighted by Gasteiger charge is -2.21. The molecule has 4 aromatic rings. The fraction of sp³-hybridized carbons (Fsp3) is 0.355. The Hall–Kier alpha value is -3.44. The maximum Gasteiger partial charge on any atom is 0.290 e. The third-order valence-corrected chi connectivity index (χ3v) is 6.43. The van der Waals surface area contributed by atoms with Crippen molar-refractivity contribution in [2.75, 3.05) is 6.61 Å². The predicted octanol–water partition coefficient (Wildman–Crippen LogP) is 7.12. The Balaban J connectivity index is 0.000000310. The van der Waals surface area contributed by atoms with Crippen LogP contribution in [0, 0.1) is 6.92 Å². The standard InChI is InChI=1S/C24H21NO.C6H14O.CH2O2/c1-3-18-15(2)14-17-6-4-5-7-19(17)23(18)20-8-9-21-22-16(11-13-26-21)10-12-25-24(20)22;1-4-5-6(2,3)7;2-1-3/h4-10,12,14H,3,11,13H2,1-2H3;7H,4-5H2,1-3H3;1H,(H,2,3). The number of fused-ring (bicyclic) bond motifs is 1. The summed E-state index contributed by atoms with van der Waals surface area (Å²) in [6.07, 6.45) is 5.85. The van der Waals surface area contributed by atoms with E-state index in [9.17, 15) is 0 Å². The summed E-state index contributed by atoms with van der Waals surface area (Å²) in [4.78, 5) is 13.2. The third kappa shape index (κ3) is 6.03. The average Bonchev–Trinajstić information content (AvgIpc) is 2.84. The average molecular weight is 488 g/mol. The molecule has 0 aliphatic carbocycles. The minimum Gasteiger partial charge on any atom is -0.493 e. The van der Waals surface area contributed by atoms with Gasteiger partial charge in [-0.25, -0.2) is 0 Å². The molecule has 2 N–H and O–H groups in total. The summed E-state index contributed by atoms with van der Waals surface area (Å²) in [5.41, 5.74) is 7.24. The van der Waals surface area contributed by atoms with Crippen molar-refractivity contribution in [2.24, 2.45) is 0 Å². The van der Waals surface area contributed by atoms with E-state index in [4.69, 9.17) is 24.7 Å². The van der Waals surface area contributed by atoms with Crippen molar-refractivity contribution in [1.82, 2.24) is 4.98 Å². The van der Waals surface area contributed by atoms with Crippen molar-refractivity contribution < 1.29 is 19.7 Å². The largest absolute Gasteiger partial charge is 0.493 e. The van der Waals surface area contributed by atoms with Gasteiger partial charge in [-0.1, -0.05) is 50.6 Å². The molecule has 5 heteroatoms. The van der Waals surface area contributed by atoms with Crippen molar-refractivity contribution in [3.63, 3.8) is 0 Å². The quantitative estimate of drug-likeness (QED) is 0.300. The summed E-state index contributed by atoms with van der Waals surface area (Å²) in [6.45, 7) is 10.7. The topological polar surface area (TPSA) is 79.7 Å². The number of nitrogens with zero attached hydrogens (tertiary/aromatic N) is 1. The molecule has 0 unspecified atom stereocenters. The third-order valence-electron chi connectivity index (χ3n) is 6.43. The van der Waals surface area contributed by atoms with Gasteiger partial charge in [0.05, 0.1) is 17.7 Å². The Labute approximate surface area is 213 Å². The number of hydrogen-bond acceptors (Lipinski definition) is 4. The fourth-order valence-electron chi connectivity index (χ4n) is 5.01. The molecule has 0 fully saturated rings. The number of ether oxygens (including phenoxy) is 1. The number of carbonyl (C=O) groups is 1. The summed E-state index contributed by atoms with van der Waals surface area (Å²) in [5.74, 6) is 0.966. The molecule has 3 aromatic carbocycles. The van der Waals surface area contributed by atoms with Gasteiger partial charge in [0.25, 0.3) is 6.47 Å². The number of aliphatic hydroxyl groups is 1. The van der Waals surface area contributed by atoms with Crippen molar-refractivity contribution >= 4 is 28.1 Å². The molecular weight excluding hydrogens is 450 g/mol. The minimum atomic E-state index is -0.450. The summed E-state index contributed by atoms with van der Waals surface area (Å²) in [6, 6.07) is 17.4. The molecule has 1 aliphatic heterocycles. The highest BCUT2D eigenvalue weighted by Crippen LogP contribution is 2.42. The van der Waals surface area contributed by atoms with E-state index >= 15 is 0 Å². The lowest BCUT2D eigenvalue weighted by atomic mass is 9.87. The number of pyridine rings is 1. The molecule has 5 rings (SSSR count). The highest BCUT2D eigenvalue weighted by Gasteiger charge is 2.20. The number of aromatic nitrogens is 1. The fourth-order valence-corrected chi connectivity index (χ4v) is 5.01. The van der Waals surface area contributed by atoms with Crippen LogP contribution in [0.1, 0.15) is 57.2 Å². The van der Waals surface area contributed by atoms with Crippen molar-refractivity contribution in [2.45, 2.75) is 65.9 Å². The van der Waals surface area contributed by atoms with E-state index < -0.39 is 5.60 Å². The van der Waals surface area contributed by atoms with Gasteiger partial charge in [-0.15, -0.1) is 0 Å². The van der Waals surface area contributed by atoms with Gasteiger partial charge in [0.1, 0.15) is 5.75 Å². The first-order valence-electron chi connectivity index (χ1n) is 12.6. The lowest BCUT2D eigenvalue weighted by Crippen LogP contribution is -2.16. The van der Waals surface area contributed by atoms with E-state index in [1.54, 1.807) is 0 Å². The van der Waals surface area contributed by atoms with Crippen LogP contribution in [0.15, 0.2) is 54.7 Å². The van der Waals surface area contributed by atoms with Crippen LogP contribution in [0.5, 0.6) is 5.75 Å². The van der Waals surface area contributed by atoms with E-state index in [0.29, 0.717) is 0 Å². The van der Waals surface area contributed by atoms with Crippen molar-refractivity contribution in [3.05, 3.63) is 71.4 Å². The molecule has 5 nitrogen and oxygen atoms in total. The normalized spacial score (nSPS) is 12.2. The van der Waals surface area contributed by atoms with Crippen LogP contribution in [0.2, 0.25) is 0 Å². The molecule has 1 aromatic heterocycles.